The van der Waals surface area contributed by atoms with Crippen molar-refractivity contribution in [3.05, 3.63) is 54.1 Å². The molecular formula is C12H12N2O. The van der Waals surface area contributed by atoms with Crippen molar-refractivity contribution in [1.29, 1.82) is 0 Å². The standard InChI is InChI=1S/C12H12N2O/c15-11-8-10(9-4-2-1-3-5-9)14-7-6-13-12(11)14/h1-7,10-11,15H,8H2/t10-,11-/m0/s1. The number of benzene rings is 1. The van der Waals surface area contributed by atoms with Crippen LogP contribution in [0.1, 0.15) is 30.0 Å². The van der Waals surface area contributed by atoms with Gasteiger partial charge in [-0.15, -0.1) is 0 Å². The number of fused-ring (bicyclic) bond motifs is 1. The topological polar surface area (TPSA) is 38.0 Å². The largest absolute Gasteiger partial charge is 0.385 e. The van der Waals surface area contributed by atoms with E-state index < -0.39 is 6.10 Å². The van der Waals surface area contributed by atoms with Crippen LogP contribution < -0.4 is 0 Å². The van der Waals surface area contributed by atoms with Crippen molar-refractivity contribution in [2.75, 3.05) is 0 Å². The maximum absolute atomic E-state index is 9.82. The first-order valence-electron chi connectivity index (χ1n) is 5.12. The zero-order valence-electron chi connectivity index (χ0n) is 8.24. The molecule has 1 aromatic carbocycles. The molecule has 0 unspecified atom stereocenters. The molecule has 3 rings (SSSR count). The lowest BCUT2D eigenvalue weighted by Crippen LogP contribution is -2.03. The van der Waals surface area contributed by atoms with Gasteiger partial charge in [-0.25, -0.2) is 4.98 Å². The lowest BCUT2D eigenvalue weighted by atomic mass is 10.0. The van der Waals surface area contributed by atoms with Gasteiger partial charge in [0.05, 0.1) is 6.04 Å². The highest BCUT2D eigenvalue weighted by Crippen LogP contribution is 2.36. The molecule has 0 saturated carbocycles. The third-order valence-electron chi connectivity index (χ3n) is 2.96. The van der Waals surface area contributed by atoms with Gasteiger partial charge in [-0.1, -0.05) is 30.3 Å². The Morgan fingerprint density at radius 2 is 2.07 bits per heavy atom. The van der Waals surface area contributed by atoms with Crippen molar-refractivity contribution in [2.24, 2.45) is 0 Å². The SMILES string of the molecule is O[C@H]1C[C@@H](c2ccccc2)n2ccnc21. The predicted octanol–water partition coefficient (Wildman–Crippen LogP) is 1.91. The van der Waals surface area contributed by atoms with Crippen molar-refractivity contribution < 1.29 is 5.11 Å². The van der Waals surface area contributed by atoms with E-state index in [0.29, 0.717) is 0 Å². The number of hydrogen-bond donors (Lipinski definition) is 1. The maximum Gasteiger partial charge on any atom is 0.138 e. The molecule has 0 fully saturated rings. The Kier molecular flexibility index (Phi) is 1.86. The van der Waals surface area contributed by atoms with E-state index in [-0.39, 0.29) is 6.04 Å². The fourth-order valence-corrected chi connectivity index (χ4v) is 2.25. The Hall–Kier alpha value is -1.61. The molecule has 0 bridgehead atoms. The van der Waals surface area contributed by atoms with E-state index in [2.05, 4.69) is 21.7 Å². The molecule has 0 aliphatic carbocycles. The van der Waals surface area contributed by atoms with Crippen LogP contribution in [0.15, 0.2) is 42.7 Å². The molecule has 3 heteroatoms. The predicted molar refractivity (Wildman–Crippen MR) is 56.4 cm³/mol. The highest BCUT2D eigenvalue weighted by Gasteiger charge is 2.30. The summed E-state index contributed by atoms with van der Waals surface area (Å²) >= 11 is 0. The third-order valence-corrected chi connectivity index (χ3v) is 2.96. The summed E-state index contributed by atoms with van der Waals surface area (Å²) in [6, 6.07) is 10.5. The van der Waals surface area contributed by atoms with Crippen molar-refractivity contribution in [3.8, 4) is 0 Å². The van der Waals surface area contributed by atoms with Crippen molar-refractivity contribution in [3.63, 3.8) is 0 Å². The normalized spacial score (nSPS) is 24.1. The second-order valence-corrected chi connectivity index (χ2v) is 3.87. The van der Waals surface area contributed by atoms with Crippen LogP contribution in [0.3, 0.4) is 0 Å². The van der Waals surface area contributed by atoms with Crippen LogP contribution in [0.25, 0.3) is 0 Å². The Morgan fingerprint density at radius 3 is 2.87 bits per heavy atom. The van der Waals surface area contributed by atoms with E-state index in [1.54, 1.807) is 6.20 Å². The molecule has 3 nitrogen and oxygen atoms in total. The summed E-state index contributed by atoms with van der Waals surface area (Å²) < 4.78 is 2.06. The van der Waals surface area contributed by atoms with Gasteiger partial charge in [-0.3, -0.25) is 0 Å². The quantitative estimate of drug-likeness (QED) is 0.763. The van der Waals surface area contributed by atoms with Crippen LogP contribution in [-0.4, -0.2) is 14.7 Å². The van der Waals surface area contributed by atoms with E-state index in [0.717, 1.165) is 12.2 Å². The van der Waals surface area contributed by atoms with Gasteiger partial charge in [0.2, 0.25) is 0 Å². The number of hydrogen-bond acceptors (Lipinski definition) is 2. The first kappa shape index (κ1) is 8.68. The Morgan fingerprint density at radius 1 is 1.27 bits per heavy atom. The van der Waals surface area contributed by atoms with Crippen LogP contribution in [-0.2, 0) is 0 Å². The molecule has 0 spiro atoms. The van der Waals surface area contributed by atoms with E-state index in [9.17, 15) is 5.11 Å². The molecular weight excluding hydrogens is 188 g/mol. The Bertz CT molecular complexity index is 463. The molecule has 76 valence electrons. The minimum Gasteiger partial charge on any atom is -0.385 e. The Balaban J connectivity index is 2.05. The van der Waals surface area contributed by atoms with Gasteiger partial charge in [-0.2, -0.15) is 0 Å². The van der Waals surface area contributed by atoms with Crippen LogP contribution in [0, 0.1) is 0 Å². The molecule has 2 aromatic rings. The number of aliphatic hydroxyl groups is 1. The molecule has 1 aromatic heterocycles. The monoisotopic (exact) mass is 200 g/mol. The van der Waals surface area contributed by atoms with Crippen molar-refractivity contribution in [2.45, 2.75) is 18.6 Å². The molecule has 2 atom stereocenters. The second-order valence-electron chi connectivity index (χ2n) is 3.87. The fraction of sp³-hybridized carbons (Fsp3) is 0.250. The maximum atomic E-state index is 9.82. The highest BCUT2D eigenvalue weighted by molar-refractivity contribution is 5.24. The number of rotatable bonds is 1. The highest BCUT2D eigenvalue weighted by atomic mass is 16.3. The smallest absolute Gasteiger partial charge is 0.138 e. The lowest BCUT2D eigenvalue weighted by molar-refractivity contribution is 0.172. The van der Waals surface area contributed by atoms with E-state index >= 15 is 0 Å². The average molecular weight is 200 g/mol. The van der Waals surface area contributed by atoms with Crippen LogP contribution in [0.4, 0.5) is 0 Å². The Labute approximate surface area is 88.0 Å². The van der Waals surface area contributed by atoms with Gasteiger partial charge in [0.1, 0.15) is 11.9 Å². The van der Waals surface area contributed by atoms with E-state index in [1.165, 1.54) is 5.56 Å². The molecule has 1 N–H and O–H groups in total. The summed E-state index contributed by atoms with van der Waals surface area (Å²) in [5, 5.41) is 9.82. The number of imidazole rings is 1. The minimum absolute atomic E-state index is 0.235. The van der Waals surface area contributed by atoms with E-state index in [4.69, 9.17) is 0 Å². The molecule has 0 saturated heterocycles. The third kappa shape index (κ3) is 1.27. The van der Waals surface area contributed by atoms with Gasteiger partial charge in [0, 0.05) is 18.8 Å². The van der Waals surface area contributed by atoms with E-state index in [1.807, 2.05) is 24.4 Å². The number of aliphatic hydroxyl groups excluding tert-OH is 1. The molecule has 0 radical (unpaired) electrons. The fourth-order valence-electron chi connectivity index (χ4n) is 2.25. The van der Waals surface area contributed by atoms with Gasteiger partial charge in [0.25, 0.3) is 0 Å². The summed E-state index contributed by atoms with van der Waals surface area (Å²) in [5.41, 5.74) is 1.23. The molecule has 15 heavy (non-hydrogen) atoms. The second kappa shape index (κ2) is 3.21. The summed E-state index contributed by atoms with van der Waals surface area (Å²) in [7, 11) is 0. The minimum atomic E-state index is -0.426. The summed E-state index contributed by atoms with van der Waals surface area (Å²) in [5.74, 6) is 0.781. The van der Waals surface area contributed by atoms with Crippen LogP contribution in [0.5, 0.6) is 0 Å². The zero-order chi connectivity index (χ0) is 10.3. The number of aromatic nitrogens is 2. The molecule has 0 amide bonds. The van der Waals surface area contributed by atoms with Gasteiger partial charge >= 0.3 is 0 Å². The zero-order valence-corrected chi connectivity index (χ0v) is 8.24. The van der Waals surface area contributed by atoms with Crippen LogP contribution >= 0.6 is 0 Å². The summed E-state index contributed by atoms with van der Waals surface area (Å²) in [4.78, 5) is 4.17. The molecule has 1 aliphatic rings. The first-order valence-corrected chi connectivity index (χ1v) is 5.12. The van der Waals surface area contributed by atoms with Gasteiger partial charge in [-0.05, 0) is 5.56 Å². The van der Waals surface area contributed by atoms with Crippen molar-refractivity contribution >= 4 is 0 Å². The first-order chi connectivity index (χ1) is 7.36. The molecule has 2 heterocycles. The van der Waals surface area contributed by atoms with Gasteiger partial charge in [0.15, 0.2) is 0 Å². The molecule has 1 aliphatic heterocycles. The lowest BCUT2D eigenvalue weighted by Gasteiger charge is -2.12. The van der Waals surface area contributed by atoms with Crippen molar-refractivity contribution in [1.82, 2.24) is 9.55 Å². The van der Waals surface area contributed by atoms with Gasteiger partial charge < -0.3 is 9.67 Å². The summed E-state index contributed by atoms with van der Waals surface area (Å²) in [6.45, 7) is 0. The number of nitrogens with zero attached hydrogens (tertiary/aromatic N) is 2. The average Bonchev–Trinajstić information content (AvgIpc) is 2.84. The van der Waals surface area contributed by atoms with Crippen LogP contribution in [0.2, 0.25) is 0 Å². The summed E-state index contributed by atoms with van der Waals surface area (Å²) in [6.07, 6.45) is 3.98.